The average molecular weight is 453 g/mol. The van der Waals surface area contributed by atoms with Gasteiger partial charge in [0.25, 0.3) is 0 Å². The molecule has 0 bridgehead atoms. The molecule has 0 spiro atoms. The van der Waals surface area contributed by atoms with Gasteiger partial charge in [-0.1, -0.05) is 0 Å². The summed E-state index contributed by atoms with van der Waals surface area (Å²) in [6.07, 6.45) is 8.63. The SMILES string of the molecule is CC(C)(C)OC(=O)N1CCC(COC2CCC(c3ccc(S(C)(=O)=O)cn3)CC2)CC1. The number of nitrogens with zero attached hydrogens (tertiary/aromatic N) is 2. The lowest BCUT2D eigenvalue weighted by atomic mass is 9.85. The van der Waals surface area contributed by atoms with Crippen molar-refractivity contribution < 1.29 is 22.7 Å². The number of rotatable bonds is 5. The molecule has 3 rings (SSSR count). The number of carbonyl (C=O) groups is 1. The first-order valence-corrected chi connectivity index (χ1v) is 13.2. The quantitative estimate of drug-likeness (QED) is 0.666. The van der Waals surface area contributed by atoms with Gasteiger partial charge in [0.15, 0.2) is 9.84 Å². The van der Waals surface area contributed by atoms with E-state index in [2.05, 4.69) is 4.98 Å². The summed E-state index contributed by atoms with van der Waals surface area (Å²) in [5, 5.41) is 0. The highest BCUT2D eigenvalue weighted by molar-refractivity contribution is 7.90. The first-order valence-electron chi connectivity index (χ1n) is 11.3. The van der Waals surface area contributed by atoms with Crippen LogP contribution in [-0.4, -0.2) is 62.1 Å². The van der Waals surface area contributed by atoms with Gasteiger partial charge in [-0.25, -0.2) is 13.2 Å². The van der Waals surface area contributed by atoms with Crippen molar-refractivity contribution in [1.82, 2.24) is 9.88 Å². The van der Waals surface area contributed by atoms with Crippen molar-refractivity contribution in [3.63, 3.8) is 0 Å². The fourth-order valence-corrected chi connectivity index (χ4v) is 4.82. The summed E-state index contributed by atoms with van der Waals surface area (Å²) < 4.78 is 34.9. The monoisotopic (exact) mass is 452 g/mol. The highest BCUT2D eigenvalue weighted by atomic mass is 32.2. The highest BCUT2D eigenvalue weighted by Gasteiger charge is 2.29. The van der Waals surface area contributed by atoms with Crippen molar-refractivity contribution in [2.75, 3.05) is 26.0 Å². The van der Waals surface area contributed by atoms with Gasteiger partial charge in [0, 0.05) is 43.8 Å². The Hall–Kier alpha value is -1.67. The summed E-state index contributed by atoms with van der Waals surface area (Å²) in [5.41, 5.74) is 0.515. The predicted octanol–water partition coefficient (Wildman–Crippen LogP) is 4.18. The number of piperidine rings is 1. The molecule has 1 saturated heterocycles. The Morgan fingerprint density at radius 3 is 2.26 bits per heavy atom. The van der Waals surface area contributed by atoms with Crippen molar-refractivity contribution >= 4 is 15.9 Å². The van der Waals surface area contributed by atoms with E-state index >= 15 is 0 Å². The molecule has 31 heavy (non-hydrogen) atoms. The zero-order chi connectivity index (χ0) is 22.6. The van der Waals surface area contributed by atoms with Gasteiger partial charge in [0.1, 0.15) is 5.60 Å². The van der Waals surface area contributed by atoms with E-state index in [-0.39, 0.29) is 17.1 Å². The first kappa shape index (κ1) is 24.0. The minimum absolute atomic E-state index is 0.219. The van der Waals surface area contributed by atoms with Crippen LogP contribution in [0.4, 0.5) is 4.79 Å². The average Bonchev–Trinajstić information content (AvgIpc) is 2.71. The van der Waals surface area contributed by atoms with E-state index in [1.54, 1.807) is 11.0 Å². The predicted molar refractivity (Wildman–Crippen MR) is 119 cm³/mol. The summed E-state index contributed by atoms with van der Waals surface area (Å²) >= 11 is 0. The molecule has 2 heterocycles. The standard InChI is InChI=1S/C23H36N2O5S/c1-23(2,3)30-22(26)25-13-11-17(12-14-25)16-29-19-7-5-18(6-8-19)21-10-9-20(15-24-21)31(4,27)28/h9-10,15,17-19H,5-8,11-14,16H2,1-4H3. The number of aromatic nitrogens is 1. The number of sulfone groups is 1. The molecule has 1 saturated carbocycles. The van der Waals surface area contributed by atoms with Gasteiger partial charge in [0.2, 0.25) is 0 Å². The number of hydrogen-bond donors (Lipinski definition) is 0. The maximum atomic E-state index is 12.2. The summed E-state index contributed by atoms with van der Waals surface area (Å²) in [5.74, 6) is 0.854. The molecule has 174 valence electrons. The van der Waals surface area contributed by atoms with Gasteiger partial charge < -0.3 is 14.4 Å². The molecule has 0 aromatic carbocycles. The van der Waals surface area contributed by atoms with Crippen LogP contribution < -0.4 is 0 Å². The second-order valence-corrected chi connectivity index (χ2v) is 11.9. The largest absolute Gasteiger partial charge is 0.444 e. The Kier molecular flexibility index (Phi) is 7.63. The molecule has 0 atom stereocenters. The van der Waals surface area contributed by atoms with Gasteiger partial charge in [-0.3, -0.25) is 4.98 Å². The van der Waals surface area contributed by atoms with Crippen LogP contribution in [0.1, 0.15) is 70.9 Å². The van der Waals surface area contributed by atoms with E-state index in [1.165, 1.54) is 12.5 Å². The van der Waals surface area contributed by atoms with Gasteiger partial charge >= 0.3 is 6.09 Å². The number of ether oxygens (including phenoxy) is 2. The molecule has 0 N–H and O–H groups in total. The molecule has 1 aliphatic carbocycles. The third kappa shape index (κ3) is 7.17. The number of likely N-dealkylation sites (tertiary alicyclic amines) is 1. The number of carbonyl (C=O) groups excluding carboxylic acids is 1. The van der Waals surface area contributed by atoms with Gasteiger partial charge in [-0.05, 0) is 77.3 Å². The summed E-state index contributed by atoms with van der Waals surface area (Å²) in [7, 11) is -3.20. The Morgan fingerprint density at radius 2 is 1.74 bits per heavy atom. The normalized spacial score (nSPS) is 23.5. The van der Waals surface area contributed by atoms with Gasteiger partial charge in [-0.2, -0.15) is 0 Å². The second kappa shape index (κ2) is 9.86. The van der Waals surface area contributed by atoms with Crippen LogP contribution >= 0.6 is 0 Å². The van der Waals surface area contributed by atoms with Gasteiger partial charge in [0.05, 0.1) is 11.0 Å². The first-order chi connectivity index (χ1) is 14.5. The van der Waals surface area contributed by atoms with Crippen molar-refractivity contribution in [3.05, 3.63) is 24.0 Å². The summed E-state index contributed by atoms with van der Waals surface area (Å²) in [4.78, 5) is 18.6. The second-order valence-electron chi connectivity index (χ2n) is 9.91. The molecule has 2 aliphatic rings. The van der Waals surface area contributed by atoms with Crippen LogP contribution in [0, 0.1) is 5.92 Å². The van der Waals surface area contributed by atoms with Crippen molar-refractivity contribution in [1.29, 1.82) is 0 Å². The smallest absolute Gasteiger partial charge is 0.410 e. The van der Waals surface area contributed by atoms with Crippen LogP contribution in [-0.2, 0) is 19.3 Å². The molecule has 8 heteroatoms. The summed E-state index contributed by atoms with van der Waals surface area (Å²) in [6.45, 7) is 7.87. The van der Waals surface area contributed by atoms with E-state index < -0.39 is 15.4 Å². The fourth-order valence-electron chi connectivity index (χ4n) is 4.26. The topological polar surface area (TPSA) is 85.8 Å². The Labute approximate surface area is 186 Å². The van der Waals surface area contributed by atoms with Crippen molar-refractivity contribution in [2.24, 2.45) is 5.92 Å². The van der Waals surface area contributed by atoms with Crippen LogP contribution in [0.2, 0.25) is 0 Å². The van der Waals surface area contributed by atoms with E-state index in [9.17, 15) is 13.2 Å². The summed E-state index contributed by atoms with van der Waals surface area (Å²) in [6, 6.07) is 3.50. The number of pyridine rings is 1. The minimum Gasteiger partial charge on any atom is -0.444 e. The molecule has 2 fully saturated rings. The molecule has 0 radical (unpaired) electrons. The van der Waals surface area contributed by atoms with Crippen LogP contribution in [0.25, 0.3) is 0 Å². The minimum atomic E-state index is -3.20. The van der Waals surface area contributed by atoms with E-state index in [4.69, 9.17) is 9.47 Å². The van der Waals surface area contributed by atoms with E-state index in [1.807, 2.05) is 26.8 Å². The number of hydrogen-bond acceptors (Lipinski definition) is 6. The molecular formula is C23H36N2O5S. The maximum absolute atomic E-state index is 12.2. The molecule has 1 aromatic heterocycles. The zero-order valence-corrected chi connectivity index (χ0v) is 20.0. The van der Waals surface area contributed by atoms with E-state index in [0.29, 0.717) is 11.8 Å². The van der Waals surface area contributed by atoms with Gasteiger partial charge in [-0.15, -0.1) is 0 Å². The Balaban J connectivity index is 1.37. The molecule has 1 aliphatic heterocycles. The molecule has 0 unspecified atom stereocenters. The molecular weight excluding hydrogens is 416 g/mol. The molecule has 7 nitrogen and oxygen atoms in total. The van der Waals surface area contributed by atoms with Crippen molar-refractivity contribution in [2.45, 2.75) is 81.8 Å². The lowest BCUT2D eigenvalue weighted by Crippen LogP contribution is -2.42. The lowest BCUT2D eigenvalue weighted by Gasteiger charge is -2.34. The fraction of sp³-hybridized carbons (Fsp3) is 0.739. The molecule has 1 aromatic rings. The highest BCUT2D eigenvalue weighted by Crippen LogP contribution is 2.34. The van der Waals surface area contributed by atoms with Crippen LogP contribution in [0.15, 0.2) is 23.2 Å². The molecule has 1 amide bonds. The van der Waals surface area contributed by atoms with E-state index in [0.717, 1.165) is 63.9 Å². The third-order valence-electron chi connectivity index (χ3n) is 6.11. The zero-order valence-electron chi connectivity index (χ0n) is 19.2. The van der Waals surface area contributed by atoms with Crippen molar-refractivity contribution in [3.8, 4) is 0 Å². The Bertz CT molecular complexity index is 832. The Morgan fingerprint density at radius 1 is 1.10 bits per heavy atom. The van der Waals surface area contributed by atoms with Crippen LogP contribution in [0.3, 0.4) is 0 Å². The maximum Gasteiger partial charge on any atom is 0.410 e. The lowest BCUT2D eigenvalue weighted by molar-refractivity contribution is -0.0144. The number of amides is 1. The third-order valence-corrected chi connectivity index (χ3v) is 7.21. The van der Waals surface area contributed by atoms with Crippen LogP contribution in [0.5, 0.6) is 0 Å².